The summed E-state index contributed by atoms with van der Waals surface area (Å²) >= 11 is 0. The Morgan fingerprint density at radius 3 is 2.47 bits per heavy atom. The number of methoxy groups -OCH3 is 2. The summed E-state index contributed by atoms with van der Waals surface area (Å²) in [7, 11) is 3.10. The molecule has 1 aromatic heterocycles. The van der Waals surface area contributed by atoms with E-state index in [-0.39, 0.29) is 11.9 Å². The Hall–Kier alpha value is -3.55. The lowest BCUT2D eigenvalue weighted by molar-refractivity contribution is 0.208. The van der Waals surface area contributed by atoms with Crippen LogP contribution in [0.1, 0.15) is 5.56 Å². The smallest absolute Gasteiger partial charge is 0.323 e. The van der Waals surface area contributed by atoms with Gasteiger partial charge in [0.2, 0.25) is 0 Å². The third-order valence-electron chi connectivity index (χ3n) is 5.19. The van der Waals surface area contributed by atoms with Gasteiger partial charge in [-0.25, -0.2) is 14.8 Å². The van der Waals surface area contributed by atoms with E-state index < -0.39 is 0 Å². The number of amides is 2. The summed E-state index contributed by atoms with van der Waals surface area (Å²) in [5, 5.41) is 2.85. The van der Waals surface area contributed by atoms with Gasteiger partial charge in [-0.15, -0.1) is 0 Å². The molecule has 0 radical (unpaired) electrons. The third kappa shape index (κ3) is 4.07. The molecule has 1 aliphatic rings. The molecule has 1 fully saturated rings. The minimum Gasteiger partial charge on any atom is -0.497 e. The van der Waals surface area contributed by atoms with Crippen molar-refractivity contribution < 1.29 is 14.3 Å². The first-order valence-corrected chi connectivity index (χ1v) is 9.84. The second kappa shape index (κ2) is 8.44. The van der Waals surface area contributed by atoms with Gasteiger partial charge < -0.3 is 19.3 Å². The molecule has 156 valence electrons. The predicted octanol–water partition coefficient (Wildman–Crippen LogP) is 3.31. The number of aryl methyl sites for hydroxylation is 1. The highest BCUT2D eigenvalue weighted by atomic mass is 16.5. The van der Waals surface area contributed by atoms with Crippen LogP contribution in [0.3, 0.4) is 0 Å². The van der Waals surface area contributed by atoms with Crippen molar-refractivity contribution in [3.05, 3.63) is 48.0 Å². The number of carbonyl (C=O) groups excluding carboxylic acids is 1. The quantitative estimate of drug-likeness (QED) is 0.715. The summed E-state index contributed by atoms with van der Waals surface area (Å²) in [6, 6.07) is 13.6. The van der Waals surface area contributed by atoms with Gasteiger partial charge in [0.15, 0.2) is 5.82 Å². The fraction of sp³-hybridized carbons (Fsp3) is 0.318. The van der Waals surface area contributed by atoms with Crippen molar-refractivity contribution >= 4 is 28.6 Å². The molecule has 8 heteroatoms. The maximum atomic E-state index is 12.8. The molecule has 3 aromatic rings. The number of rotatable bonds is 4. The Morgan fingerprint density at radius 1 is 0.967 bits per heavy atom. The minimum atomic E-state index is -0.214. The summed E-state index contributed by atoms with van der Waals surface area (Å²) < 4.78 is 10.6. The SMILES string of the molecule is COc1ccc2nc(OC)c(NC(=O)N3CCN(c4cccc(C)c4)CC3)nc2c1. The van der Waals surface area contributed by atoms with E-state index in [0.29, 0.717) is 35.7 Å². The second-order valence-electron chi connectivity index (χ2n) is 7.18. The number of urea groups is 1. The first-order chi connectivity index (χ1) is 14.6. The van der Waals surface area contributed by atoms with Crippen molar-refractivity contribution in [2.24, 2.45) is 0 Å². The number of benzene rings is 2. The Kier molecular flexibility index (Phi) is 5.56. The average Bonchev–Trinajstić information content (AvgIpc) is 2.78. The summed E-state index contributed by atoms with van der Waals surface area (Å²) in [5.41, 5.74) is 3.70. The molecule has 30 heavy (non-hydrogen) atoms. The number of ether oxygens (including phenoxy) is 2. The molecular formula is C22H25N5O3. The molecule has 4 rings (SSSR count). The summed E-state index contributed by atoms with van der Waals surface area (Å²) in [4.78, 5) is 25.9. The fourth-order valence-electron chi connectivity index (χ4n) is 3.54. The topological polar surface area (TPSA) is 79.8 Å². The standard InChI is InChI=1S/C22H25N5O3/c1-15-5-4-6-16(13-15)26-9-11-27(12-10-26)22(28)25-20-21(30-3)24-18-8-7-17(29-2)14-19(18)23-20/h4-8,13-14H,9-12H2,1-3H3,(H,23,25,28). The van der Waals surface area contributed by atoms with Crippen LogP contribution in [0.4, 0.5) is 16.3 Å². The van der Waals surface area contributed by atoms with Crippen LogP contribution in [0.5, 0.6) is 11.6 Å². The highest BCUT2D eigenvalue weighted by Gasteiger charge is 2.23. The lowest BCUT2D eigenvalue weighted by Gasteiger charge is -2.36. The lowest BCUT2D eigenvalue weighted by Crippen LogP contribution is -2.50. The highest BCUT2D eigenvalue weighted by Crippen LogP contribution is 2.26. The van der Waals surface area contributed by atoms with Gasteiger partial charge in [0.1, 0.15) is 5.75 Å². The summed E-state index contributed by atoms with van der Waals surface area (Å²) in [6.45, 7) is 4.87. The highest BCUT2D eigenvalue weighted by molar-refractivity contribution is 5.91. The number of anilines is 2. The Balaban J connectivity index is 1.46. The molecule has 0 atom stereocenters. The number of aromatic nitrogens is 2. The Labute approximate surface area is 175 Å². The van der Waals surface area contributed by atoms with Crippen molar-refractivity contribution in [1.82, 2.24) is 14.9 Å². The van der Waals surface area contributed by atoms with E-state index in [4.69, 9.17) is 9.47 Å². The van der Waals surface area contributed by atoms with E-state index in [1.54, 1.807) is 24.1 Å². The van der Waals surface area contributed by atoms with Gasteiger partial charge in [-0.3, -0.25) is 5.32 Å². The van der Waals surface area contributed by atoms with Crippen LogP contribution < -0.4 is 19.7 Å². The fourth-order valence-corrected chi connectivity index (χ4v) is 3.54. The van der Waals surface area contributed by atoms with Crippen molar-refractivity contribution in [2.75, 3.05) is 50.6 Å². The maximum Gasteiger partial charge on any atom is 0.323 e. The summed E-state index contributed by atoms with van der Waals surface area (Å²) in [5.74, 6) is 1.25. The first-order valence-electron chi connectivity index (χ1n) is 9.84. The van der Waals surface area contributed by atoms with Gasteiger partial charge in [-0.1, -0.05) is 12.1 Å². The predicted molar refractivity (Wildman–Crippen MR) is 117 cm³/mol. The van der Waals surface area contributed by atoms with E-state index in [1.165, 1.54) is 18.4 Å². The molecule has 2 amide bonds. The number of hydrogen-bond donors (Lipinski definition) is 1. The first kappa shape index (κ1) is 19.8. The van der Waals surface area contributed by atoms with Gasteiger partial charge >= 0.3 is 6.03 Å². The largest absolute Gasteiger partial charge is 0.497 e. The van der Waals surface area contributed by atoms with Crippen molar-refractivity contribution in [3.8, 4) is 11.6 Å². The summed E-state index contributed by atoms with van der Waals surface area (Å²) in [6.07, 6.45) is 0. The van der Waals surface area contributed by atoms with Crippen LogP contribution in [0.2, 0.25) is 0 Å². The zero-order chi connectivity index (χ0) is 21.1. The molecule has 0 bridgehead atoms. The second-order valence-corrected chi connectivity index (χ2v) is 7.18. The normalized spacial score (nSPS) is 14.0. The molecule has 1 aliphatic heterocycles. The molecule has 2 aromatic carbocycles. The Bertz CT molecular complexity index is 1060. The number of fused-ring (bicyclic) bond motifs is 1. The number of carbonyl (C=O) groups is 1. The number of hydrogen-bond acceptors (Lipinski definition) is 6. The van der Waals surface area contributed by atoms with Crippen LogP contribution in [-0.2, 0) is 0 Å². The van der Waals surface area contributed by atoms with E-state index in [1.807, 2.05) is 6.07 Å². The van der Waals surface area contributed by atoms with Crippen LogP contribution in [0.15, 0.2) is 42.5 Å². The van der Waals surface area contributed by atoms with Crippen molar-refractivity contribution in [2.45, 2.75) is 6.92 Å². The molecule has 1 saturated heterocycles. The van der Waals surface area contributed by atoms with Crippen LogP contribution in [0, 0.1) is 6.92 Å². The van der Waals surface area contributed by atoms with E-state index >= 15 is 0 Å². The average molecular weight is 407 g/mol. The molecule has 0 aliphatic carbocycles. The van der Waals surface area contributed by atoms with E-state index in [0.717, 1.165) is 13.1 Å². The molecule has 1 N–H and O–H groups in total. The van der Waals surface area contributed by atoms with Crippen molar-refractivity contribution in [1.29, 1.82) is 0 Å². The number of piperazine rings is 1. The van der Waals surface area contributed by atoms with Crippen molar-refractivity contribution in [3.63, 3.8) is 0 Å². The minimum absolute atomic E-state index is 0.214. The van der Waals surface area contributed by atoms with E-state index in [9.17, 15) is 4.79 Å². The molecule has 8 nitrogen and oxygen atoms in total. The monoisotopic (exact) mass is 407 g/mol. The third-order valence-corrected chi connectivity index (χ3v) is 5.19. The molecular weight excluding hydrogens is 382 g/mol. The van der Waals surface area contributed by atoms with Gasteiger partial charge in [-0.05, 0) is 36.8 Å². The Morgan fingerprint density at radius 2 is 1.77 bits per heavy atom. The van der Waals surface area contributed by atoms with Crippen LogP contribution in [0.25, 0.3) is 11.0 Å². The number of nitrogens with zero attached hydrogens (tertiary/aromatic N) is 4. The van der Waals surface area contributed by atoms with Gasteiger partial charge in [0, 0.05) is 37.9 Å². The zero-order valence-electron chi connectivity index (χ0n) is 17.4. The van der Waals surface area contributed by atoms with Crippen LogP contribution >= 0.6 is 0 Å². The van der Waals surface area contributed by atoms with E-state index in [2.05, 4.69) is 51.4 Å². The lowest BCUT2D eigenvalue weighted by atomic mass is 10.2. The van der Waals surface area contributed by atoms with Gasteiger partial charge in [0.25, 0.3) is 5.88 Å². The number of nitrogens with one attached hydrogen (secondary N) is 1. The van der Waals surface area contributed by atoms with Crippen LogP contribution in [-0.4, -0.2) is 61.3 Å². The molecule has 0 spiro atoms. The van der Waals surface area contributed by atoms with Gasteiger partial charge in [-0.2, -0.15) is 0 Å². The molecule has 2 heterocycles. The maximum absolute atomic E-state index is 12.8. The van der Waals surface area contributed by atoms with Gasteiger partial charge in [0.05, 0.1) is 25.3 Å². The molecule has 0 unspecified atom stereocenters. The molecule has 0 saturated carbocycles. The zero-order valence-corrected chi connectivity index (χ0v) is 17.4.